The van der Waals surface area contributed by atoms with Crippen LogP contribution in [0.25, 0.3) is 10.1 Å². The van der Waals surface area contributed by atoms with Crippen LogP contribution < -0.4 is 10.9 Å². The Kier molecular flexibility index (Phi) is 3.79. The van der Waals surface area contributed by atoms with E-state index in [2.05, 4.69) is 22.4 Å². The summed E-state index contributed by atoms with van der Waals surface area (Å²) >= 11 is 3.07. The molecule has 3 heterocycles. The molecule has 0 aromatic carbocycles. The van der Waals surface area contributed by atoms with E-state index in [4.69, 9.17) is 0 Å². The van der Waals surface area contributed by atoms with Gasteiger partial charge in [0.2, 0.25) is 5.13 Å². The van der Waals surface area contributed by atoms with Crippen LogP contribution >= 0.6 is 22.7 Å². The minimum Gasteiger partial charge on any atom is -0.360 e. The van der Waals surface area contributed by atoms with Gasteiger partial charge in [-0.2, -0.15) is 0 Å². The van der Waals surface area contributed by atoms with Crippen molar-refractivity contribution in [3.63, 3.8) is 0 Å². The van der Waals surface area contributed by atoms with E-state index in [1.807, 2.05) is 23.7 Å². The first kappa shape index (κ1) is 13.3. The van der Waals surface area contributed by atoms with Crippen molar-refractivity contribution >= 4 is 37.9 Å². The van der Waals surface area contributed by atoms with Crippen LogP contribution in [0.3, 0.4) is 0 Å². The van der Waals surface area contributed by atoms with E-state index in [-0.39, 0.29) is 5.56 Å². The van der Waals surface area contributed by atoms with Crippen molar-refractivity contribution in [3.05, 3.63) is 39.1 Å². The van der Waals surface area contributed by atoms with Crippen LogP contribution in [0.15, 0.2) is 28.5 Å². The van der Waals surface area contributed by atoms with Crippen LogP contribution in [-0.2, 0) is 6.54 Å². The lowest BCUT2D eigenvalue weighted by molar-refractivity contribution is 0.752. The molecule has 0 fully saturated rings. The number of nitrogens with one attached hydrogen (secondary N) is 1. The second kappa shape index (κ2) is 5.72. The maximum Gasteiger partial charge on any atom is 0.259 e. The molecule has 0 atom stereocenters. The first-order valence-electron chi connectivity index (χ1n) is 6.41. The predicted molar refractivity (Wildman–Crippen MR) is 83.9 cm³/mol. The third-order valence-electron chi connectivity index (χ3n) is 2.89. The number of hydrogen-bond donors (Lipinski definition) is 1. The summed E-state index contributed by atoms with van der Waals surface area (Å²) in [4.78, 5) is 12.3. The third-order valence-corrected chi connectivity index (χ3v) is 4.64. The van der Waals surface area contributed by atoms with Crippen molar-refractivity contribution in [2.75, 3.05) is 11.9 Å². The number of anilines is 1. The fourth-order valence-electron chi connectivity index (χ4n) is 1.90. The second-order valence-corrected chi connectivity index (χ2v) is 6.38. The summed E-state index contributed by atoms with van der Waals surface area (Å²) < 4.78 is 2.70. The highest BCUT2D eigenvalue weighted by atomic mass is 32.1. The van der Waals surface area contributed by atoms with Crippen molar-refractivity contribution in [1.82, 2.24) is 14.8 Å². The van der Waals surface area contributed by atoms with Crippen LogP contribution in [0.5, 0.6) is 0 Å². The topological polar surface area (TPSA) is 59.8 Å². The number of aromatic nitrogens is 3. The Labute approximate surface area is 123 Å². The van der Waals surface area contributed by atoms with Gasteiger partial charge in [-0.05, 0) is 23.9 Å². The van der Waals surface area contributed by atoms with Gasteiger partial charge < -0.3 is 9.88 Å². The molecule has 20 heavy (non-hydrogen) atoms. The van der Waals surface area contributed by atoms with Crippen LogP contribution in [-0.4, -0.2) is 21.3 Å². The largest absolute Gasteiger partial charge is 0.360 e. The van der Waals surface area contributed by atoms with Gasteiger partial charge >= 0.3 is 0 Å². The zero-order valence-electron chi connectivity index (χ0n) is 11.0. The predicted octanol–water partition coefficient (Wildman–Crippen LogP) is 2.78. The molecule has 104 valence electrons. The Bertz CT molecular complexity index is 774. The molecule has 0 saturated carbocycles. The summed E-state index contributed by atoms with van der Waals surface area (Å²) in [7, 11) is 0. The van der Waals surface area contributed by atoms with Crippen molar-refractivity contribution in [3.8, 4) is 0 Å². The molecule has 3 aromatic rings. The lowest BCUT2D eigenvalue weighted by atomic mass is 10.3. The van der Waals surface area contributed by atoms with E-state index < -0.39 is 0 Å². The van der Waals surface area contributed by atoms with E-state index in [9.17, 15) is 4.79 Å². The fraction of sp³-hybridized carbons (Fsp3) is 0.308. The van der Waals surface area contributed by atoms with Crippen LogP contribution in [0, 0.1) is 0 Å². The average molecular weight is 306 g/mol. The summed E-state index contributed by atoms with van der Waals surface area (Å²) in [6, 6.07) is 3.84. The Morgan fingerprint density at radius 2 is 2.25 bits per heavy atom. The number of nitrogens with zero attached hydrogens (tertiary/aromatic N) is 3. The van der Waals surface area contributed by atoms with Gasteiger partial charge in [-0.1, -0.05) is 18.3 Å². The monoisotopic (exact) mass is 306 g/mol. The Morgan fingerprint density at radius 3 is 3.10 bits per heavy atom. The Balaban J connectivity index is 1.83. The van der Waals surface area contributed by atoms with Crippen molar-refractivity contribution < 1.29 is 0 Å². The van der Waals surface area contributed by atoms with E-state index in [0.29, 0.717) is 6.54 Å². The minimum atomic E-state index is 0.0296. The molecule has 3 rings (SSSR count). The molecule has 0 aliphatic rings. The maximum atomic E-state index is 12.3. The van der Waals surface area contributed by atoms with Crippen LogP contribution in [0.2, 0.25) is 0 Å². The van der Waals surface area contributed by atoms with Crippen LogP contribution in [0.4, 0.5) is 5.13 Å². The number of thiophene rings is 1. The maximum absolute atomic E-state index is 12.3. The van der Waals surface area contributed by atoms with Gasteiger partial charge in [0.1, 0.15) is 5.01 Å². The first-order chi connectivity index (χ1) is 9.78. The van der Waals surface area contributed by atoms with Gasteiger partial charge in [0, 0.05) is 17.4 Å². The summed E-state index contributed by atoms with van der Waals surface area (Å²) in [6.45, 7) is 3.45. The van der Waals surface area contributed by atoms with E-state index in [1.165, 1.54) is 11.3 Å². The first-order valence-corrected chi connectivity index (χ1v) is 8.10. The quantitative estimate of drug-likeness (QED) is 0.787. The third kappa shape index (κ3) is 2.59. The average Bonchev–Trinajstić information content (AvgIpc) is 3.09. The molecule has 0 bridgehead atoms. The highest BCUT2D eigenvalue weighted by molar-refractivity contribution is 7.17. The molecule has 0 spiro atoms. The molecule has 3 aromatic heterocycles. The molecule has 0 saturated heterocycles. The van der Waals surface area contributed by atoms with Gasteiger partial charge in [-0.15, -0.1) is 21.5 Å². The minimum absolute atomic E-state index is 0.0296. The zero-order chi connectivity index (χ0) is 13.9. The number of pyridine rings is 1. The molecule has 7 heteroatoms. The van der Waals surface area contributed by atoms with E-state index in [0.717, 1.165) is 33.2 Å². The molecule has 0 radical (unpaired) electrons. The number of rotatable bonds is 5. The smallest absolute Gasteiger partial charge is 0.259 e. The molecule has 5 nitrogen and oxygen atoms in total. The molecule has 0 unspecified atom stereocenters. The molecular weight excluding hydrogens is 292 g/mol. The summed E-state index contributed by atoms with van der Waals surface area (Å²) in [5, 5.41) is 15.8. The SMILES string of the molecule is CCCNc1nnc(Cn2ccc3sccc3c2=O)s1. The lowest BCUT2D eigenvalue weighted by Crippen LogP contribution is -2.19. The lowest BCUT2D eigenvalue weighted by Gasteiger charge is -2.02. The fourth-order valence-corrected chi connectivity index (χ4v) is 3.43. The number of fused-ring (bicyclic) bond motifs is 1. The van der Waals surface area contributed by atoms with Gasteiger partial charge in [0.05, 0.1) is 11.9 Å². The van der Waals surface area contributed by atoms with Crippen molar-refractivity contribution in [2.45, 2.75) is 19.9 Å². The van der Waals surface area contributed by atoms with Crippen molar-refractivity contribution in [2.24, 2.45) is 0 Å². The standard InChI is InChI=1S/C13H14N4OS2/c1-2-5-14-13-16-15-11(20-13)8-17-6-3-10-9(12(17)18)4-7-19-10/h3-4,6-7H,2,5,8H2,1H3,(H,14,16). The van der Waals surface area contributed by atoms with Crippen molar-refractivity contribution in [1.29, 1.82) is 0 Å². The summed E-state index contributed by atoms with van der Waals surface area (Å²) in [5.41, 5.74) is 0.0296. The van der Waals surface area contributed by atoms with Gasteiger partial charge in [0.15, 0.2) is 0 Å². The molecule has 0 aliphatic carbocycles. The molecule has 0 amide bonds. The summed E-state index contributed by atoms with van der Waals surface area (Å²) in [6.07, 6.45) is 2.87. The molecule has 0 aliphatic heterocycles. The molecular formula is C13H14N4OS2. The van der Waals surface area contributed by atoms with E-state index >= 15 is 0 Å². The van der Waals surface area contributed by atoms with Crippen LogP contribution in [0.1, 0.15) is 18.4 Å². The molecule has 1 N–H and O–H groups in total. The second-order valence-electron chi connectivity index (χ2n) is 4.38. The zero-order valence-corrected chi connectivity index (χ0v) is 12.6. The highest BCUT2D eigenvalue weighted by Crippen LogP contribution is 2.18. The van der Waals surface area contributed by atoms with E-state index in [1.54, 1.807) is 15.9 Å². The summed E-state index contributed by atoms with van der Waals surface area (Å²) in [5.74, 6) is 0. The van der Waals surface area contributed by atoms with Gasteiger partial charge in [-0.25, -0.2) is 0 Å². The Hall–Kier alpha value is -1.73. The van der Waals surface area contributed by atoms with Gasteiger partial charge in [0.25, 0.3) is 5.56 Å². The number of hydrogen-bond acceptors (Lipinski definition) is 6. The van der Waals surface area contributed by atoms with Gasteiger partial charge in [-0.3, -0.25) is 4.79 Å². The Morgan fingerprint density at radius 1 is 1.35 bits per heavy atom. The highest BCUT2D eigenvalue weighted by Gasteiger charge is 2.08. The normalized spacial score (nSPS) is 11.1.